The standard InChI is InChI=1S/C12H13N3O/c1-15(12(16)10-7-14-8-10)11-4-2-3-9(5-11)6-13/h2-5,10,14H,7-8H2,1H3. The summed E-state index contributed by atoms with van der Waals surface area (Å²) in [6.07, 6.45) is 0. The normalized spacial score (nSPS) is 15.0. The molecule has 1 aromatic rings. The predicted octanol–water partition coefficient (Wildman–Crippen LogP) is 0.740. The van der Waals surface area contributed by atoms with E-state index in [2.05, 4.69) is 11.4 Å². The maximum Gasteiger partial charge on any atom is 0.232 e. The van der Waals surface area contributed by atoms with Crippen LogP contribution < -0.4 is 10.2 Å². The van der Waals surface area contributed by atoms with E-state index in [1.165, 1.54) is 0 Å². The van der Waals surface area contributed by atoms with Gasteiger partial charge in [-0.25, -0.2) is 0 Å². The molecule has 4 heteroatoms. The second-order valence-corrected chi connectivity index (χ2v) is 3.91. The van der Waals surface area contributed by atoms with E-state index in [1.807, 2.05) is 6.07 Å². The highest BCUT2D eigenvalue weighted by Crippen LogP contribution is 2.17. The van der Waals surface area contributed by atoms with Crippen molar-refractivity contribution in [3.8, 4) is 6.07 Å². The first-order valence-electron chi connectivity index (χ1n) is 5.21. The number of rotatable bonds is 2. The number of hydrogen-bond acceptors (Lipinski definition) is 3. The highest BCUT2D eigenvalue weighted by molar-refractivity contribution is 5.95. The minimum atomic E-state index is 0.0794. The lowest BCUT2D eigenvalue weighted by Crippen LogP contribution is -2.51. The van der Waals surface area contributed by atoms with Crippen LogP contribution in [0.15, 0.2) is 24.3 Å². The Balaban J connectivity index is 2.16. The van der Waals surface area contributed by atoms with Crippen LogP contribution in [0.3, 0.4) is 0 Å². The van der Waals surface area contributed by atoms with Gasteiger partial charge in [-0.1, -0.05) is 6.07 Å². The van der Waals surface area contributed by atoms with E-state index in [9.17, 15) is 4.79 Å². The highest BCUT2D eigenvalue weighted by Gasteiger charge is 2.28. The fourth-order valence-corrected chi connectivity index (χ4v) is 1.65. The van der Waals surface area contributed by atoms with E-state index in [-0.39, 0.29) is 11.8 Å². The molecule has 0 radical (unpaired) electrons. The van der Waals surface area contributed by atoms with Gasteiger partial charge in [0.05, 0.1) is 17.6 Å². The van der Waals surface area contributed by atoms with Gasteiger partial charge in [0, 0.05) is 25.8 Å². The minimum Gasteiger partial charge on any atom is -0.315 e. The van der Waals surface area contributed by atoms with E-state index in [0.717, 1.165) is 18.8 Å². The van der Waals surface area contributed by atoms with Gasteiger partial charge in [0.1, 0.15) is 0 Å². The lowest BCUT2D eigenvalue weighted by Gasteiger charge is -2.30. The Morgan fingerprint density at radius 3 is 2.88 bits per heavy atom. The molecule has 4 nitrogen and oxygen atoms in total. The molecule has 1 saturated heterocycles. The van der Waals surface area contributed by atoms with Crippen molar-refractivity contribution in [2.24, 2.45) is 5.92 Å². The molecule has 0 aliphatic carbocycles. The molecule has 0 saturated carbocycles. The molecule has 1 aliphatic rings. The maximum absolute atomic E-state index is 11.9. The number of hydrogen-bond donors (Lipinski definition) is 1. The molecule has 0 spiro atoms. The number of nitrogens with one attached hydrogen (secondary N) is 1. The van der Waals surface area contributed by atoms with Crippen molar-refractivity contribution in [1.82, 2.24) is 5.32 Å². The summed E-state index contributed by atoms with van der Waals surface area (Å²) < 4.78 is 0. The van der Waals surface area contributed by atoms with Crippen molar-refractivity contribution in [3.05, 3.63) is 29.8 Å². The van der Waals surface area contributed by atoms with Crippen LogP contribution in [0.2, 0.25) is 0 Å². The molecule has 0 bridgehead atoms. The van der Waals surface area contributed by atoms with Gasteiger partial charge in [-0.15, -0.1) is 0 Å². The first kappa shape index (κ1) is 10.7. The van der Waals surface area contributed by atoms with Crippen LogP contribution >= 0.6 is 0 Å². The summed E-state index contributed by atoms with van der Waals surface area (Å²) in [5.41, 5.74) is 1.35. The van der Waals surface area contributed by atoms with Gasteiger partial charge >= 0.3 is 0 Å². The zero-order valence-corrected chi connectivity index (χ0v) is 9.10. The molecular weight excluding hydrogens is 202 g/mol. The van der Waals surface area contributed by atoms with E-state index in [1.54, 1.807) is 30.1 Å². The monoisotopic (exact) mass is 215 g/mol. The van der Waals surface area contributed by atoms with E-state index in [0.29, 0.717) is 5.56 Å². The zero-order chi connectivity index (χ0) is 11.5. The number of carbonyl (C=O) groups excluding carboxylic acids is 1. The summed E-state index contributed by atoms with van der Waals surface area (Å²) in [4.78, 5) is 13.5. The molecule has 16 heavy (non-hydrogen) atoms. The van der Waals surface area contributed by atoms with E-state index >= 15 is 0 Å². The van der Waals surface area contributed by atoms with Gasteiger partial charge in [-0.2, -0.15) is 5.26 Å². The summed E-state index contributed by atoms with van der Waals surface area (Å²) >= 11 is 0. The molecule has 1 amide bonds. The average Bonchev–Trinajstić information content (AvgIpc) is 2.25. The van der Waals surface area contributed by atoms with Crippen LogP contribution in [0.5, 0.6) is 0 Å². The second kappa shape index (κ2) is 4.33. The third-order valence-corrected chi connectivity index (χ3v) is 2.82. The van der Waals surface area contributed by atoms with Crippen LogP contribution in [0, 0.1) is 17.2 Å². The molecule has 0 atom stereocenters. The SMILES string of the molecule is CN(C(=O)C1CNC1)c1cccc(C#N)c1. The molecule has 1 fully saturated rings. The van der Waals surface area contributed by atoms with Crippen LogP contribution in [-0.2, 0) is 4.79 Å². The van der Waals surface area contributed by atoms with Gasteiger partial charge in [0.15, 0.2) is 0 Å². The smallest absolute Gasteiger partial charge is 0.232 e. The Morgan fingerprint density at radius 1 is 1.56 bits per heavy atom. The lowest BCUT2D eigenvalue weighted by molar-refractivity contribution is -0.123. The van der Waals surface area contributed by atoms with Crippen LogP contribution in [0.1, 0.15) is 5.56 Å². The van der Waals surface area contributed by atoms with Crippen molar-refractivity contribution < 1.29 is 4.79 Å². The summed E-state index contributed by atoms with van der Waals surface area (Å²) in [6, 6.07) is 9.15. The topological polar surface area (TPSA) is 56.1 Å². The van der Waals surface area contributed by atoms with Gasteiger partial charge in [0.25, 0.3) is 0 Å². The average molecular weight is 215 g/mol. The molecule has 1 aliphatic heterocycles. The molecule has 82 valence electrons. The summed E-state index contributed by atoms with van der Waals surface area (Å²) in [7, 11) is 1.75. The fourth-order valence-electron chi connectivity index (χ4n) is 1.65. The Morgan fingerprint density at radius 2 is 2.31 bits per heavy atom. The van der Waals surface area contributed by atoms with Gasteiger partial charge in [-0.05, 0) is 18.2 Å². The highest BCUT2D eigenvalue weighted by atomic mass is 16.2. The number of nitrogens with zero attached hydrogens (tertiary/aromatic N) is 2. The number of benzene rings is 1. The number of nitriles is 1. The first-order chi connectivity index (χ1) is 7.72. The van der Waals surface area contributed by atoms with Crippen molar-refractivity contribution >= 4 is 11.6 Å². The number of amides is 1. The first-order valence-corrected chi connectivity index (χ1v) is 5.21. The molecule has 0 unspecified atom stereocenters. The Hall–Kier alpha value is -1.86. The maximum atomic E-state index is 11.9. The van der Waals surface area contributed by atoms with E-state index in [4.69, 9.17) is 5.26 Å². The van der Waals surface area contributed by atoms with Crippen molar-refractivity contribution in [1.29, 1.82) is 5.26 Å². The second-order valence-electron chi connectivity index (χ2n) is 3.91. The fraction of sp³-hybridized carbons (Fsp3) is 0.333. The van der Waals surface area contributed by atoms with E-state index < -0.39 is 0 Å². The van der Waals surface area contributed by atoms with Crippen molar-refractivity contribution in [3.63, 3.8) is 0 Å². The molecule has 1 heterocycles. The zero-order valence-electron chi connectivity index (χ0n) is 9.10. The molecular formula is C12H13N3O. The molecule has 0 aromatic heterocycles. The van der Waals surface area contributed by atoms with Crippen LogP contribution in [0.4, 0.5) is 5.69 Å². The summed E-state index contributed by atoms with van der Waals surface area (Å²) in [6.45, 7) is 1.50. The molecule has 2 rings (SSSR count). The number of anilines is 1. The summed E-state index contributed by atoms with van der Waals surface area (Å²) in [5.74, 6) is 0.185. The van der Waals surface area contributed by atoms with Gasteiger partial charge in [-0.3, -0.25) is 4.79 Å². The van der Waals surface area contributed by atoms with Crippen molar-refractivity contribution in [2.75, 3.05) is 25.0 Å². The molecule has 1 aromatic carbocycles. The van der Waals surface area contributed by atoms with Gasteiger partial charge in [0.2, 0.25) is 5.91 Å². The minimum absolute atomic E-state index is 0.0794. The van der Waals surface area contributed by atoms with Crippen LogP contribution in [-0.4, -0.2) is 26.0 Å². The van der Waals surface area contributed by atoms with Gasteiger partial charge < -0.3 is 10.2 Å². The molecule has 1 N–H and O–H groups in total. The third kappa shape index (κ3) is 1.90. The summed E-state index contributed by atoms with van der Waals surface area (Å²) in [5, 5.41) is 11.9. The number of carbonyl (C=O) groups is 1. The third-order valence-electron chi connectivity index (χ3n) is 2.82. The quantitative estimate of drug-likeness (QED) is 0.791. The Bertz CT molecular complexity index is 446. The largest absolute Gasteiger partial charge is 0.315 e. The predicted molar refractivity (Wildman–Crippen MR) is 60.9 cm³/mol. The Labute approximate surface area is 94.5 Å². The van der Waals surface area contributed by atoms with Crippen LogP contribution in [0.25, 0.3) is 0 Å². The Kier molecular flexibility index (Phi) is 2.88. The van der Waals surface area contributed by atoms with Crippen molar-refractivity contribution in [2.45, 2.75) is 0 Å². The lowest BCUT2D eigenvalue weighted by atomic mass is 10.0.